The number of hydrogen-bond acceptors (Lipinski definition) is 12. The summed E-state index contributed by atoms with van der Waals surface area (Å²) in [6.45, 7) is 0. The van der Waals surface area contributed by atoms with Crippen LogP contribution in [0.5, 0.6) is 0 Å². The highest BCUT2D eigenvalue weighted by molar-refractivity contribution is 8.00. The third-order valence-corrected chi connectivity index (χ3v) is 4.67. The molecule has 0 aliphatic carbocycles. The lowest BCUT2D eigenvalue weighted by atomic mass is 10.7. The summed E-state index contributed by atoms with van der Waals surface area (Å²) in [5.74, 6) is -3.59. The Morgan fingerprint density at radius 2 is 0.955 bits per heavy atom. The minimum Gasteiger partial charge on any atom is -0.372 e. The number of aliphatic hydroxyl groups is 3. The first-order chi connectivity index (χ1) is 10.3. The third-order valence-electron chi connectivity index (χ3n) is 1.77. The summed E-state index contributed by atoms with van der Waals surface area (Å²) in [5.41, 5.74) is -4.71. The van der Waals surface area contributed by atoms with Crippen LogP contribution in [0.15, 0.2) is 0 Å². The van der Waals surface area contributed by atoms with Crippen molar-refractivity contribution in [2.75, 3.05) is 18.8 Å². The summed E-state index contributed by atoms with van der Waals surface area (Å²) in [7, 11) is -2.86. The van der Waals surface area contributed by atoms with Gasteiger partial charge < -0.3 is 28.9 Å². The molecule has 0 aliphatic heterocycles. The van der Waals surface area contributed by atoms with Gasteiger partial charge in [0.05, 0.1) is 0 Å². The maximum Gasteiger partial charge on any atom is 0.537 e. The molecule has 0 aromatic rings. The lowest BCUT2D eigenvalue weighted by molar-refractivity contribution is -0.147. The van der Waals surface area contributed by atoms with Crippen LogP contribution in [0.1, 0.15) is 0 Å². The van der Waals surface area contributed by atoms with Crippen molar-refractivity contribution >= 4 is 61.8 Å². The lowest BCUT2D eigenvalue weighted by Gasteiger charge is -2.18. The summed E-state index contributed by atoms with van der Waals surface area (Å²) < 4.78 is 13.7. The van der Waals surface area contributed by atoms with Gasteiger partial charge in [-0.1, -0.05) is 0 Å². The minimum atomic E-state index is -2.86. The van der Waals surface area contributed by atoms with Gasteiger partial charge in [-0.25, -0.2) is 14.4 Å². The van der Waals surface area contributed by atoms with E-state index in [9.17, 15) is 29.7 Å². The molecule has 3 atom stereocenters. The summed E-state index contributed by atoms with van der Waals surface area (Å²) in [5, 5.41) is 27.8. The Hall–Kier alpha value is -0.230. The molecule has 0 aromatic heterocycles. The summed E-state index contributed by atoms with van der Waals surface area (Å²) in [6, 6.07) is 0. The van der Waals surface area contributed by atoms with Crippen molar-refractivity contribution in [3.05, 3.63) is 0 Å². The Bertz CT molecular complexity index is 339. The van der Waals surface area contributed by atoms with Gasteiger partial charge in [-0.05, 0) is 18.8 Å². The van der Waals surface area contributed by atoms with Crippen molar-refractivity contribution < 1.29 is 43.3 Å². The summed E-state index contributed by atoms with van der Waals surface area (Å²) in [6.07, 6.45) is 4.25. The van der Waals surface area contributed by atoms with Gasteiger partial charge in [-0.3, -0.25) is 0 Å². The molecule has 13 heteroatoms. The second-order valence-corrected chi connectivity index (χ2v) is 6.97. The van der Waals surface area contributed by atoms with Crippen LogP contribution in [-0.2, 0) is 28.0 Å². The average molecular weight is 394 g/mol. The highest BCUT2D eigenvalue weighted by atomic mass is 32.2. The van der Waals surface area contributed by atoms with Crippen LogP contribution < -0.4 is 0 Å². The highest BCUT2D eigenvalue weighted by Crippen LogP contribution is 2.42. The Morgan fingerprint density at radius 1 is 0.727 bits per heavy atom. The van der Waals surface area contributed by atoms with Crippen LogP contribution in [0, 0.1) is 0 Å². The van der Waals surface area contributed by atoms with Crippen molar-refractivity contribution in [2.45, 2.75) is 16.3 Å². The first-order valence-corrected chi connectivity index (χ1v) is 10.3. The van der Waals surface area contributed by atoms with E-state index in [1.165, 1.54) is 18.8 Å². The molecule has 0 amide bonds. The van der Waals surface area contributed by atoms with E-state index in [0.717, 1.165) is 35.3 Å². The SMILES string of the molecule is CSC(O)C(=O)OP(OC(=O)C(O)SC)OC(=O)C(O)SC. The molecular formula is C9H15O9PS3. The molecule has 22 heavy (non-hydrogen) atoms. The molecule has 0 saturated carbocycles. The second-order valence-electron chi connectivity index (χ2n) is 3.22. The minimum absolute atomic E-state index is 0.738. The maximum absolute atomic E-state index is 11.4. The Balaban J connectivity index is 4.86. The van der Waals surface area contributed by atoms with Gasteiger partial charge in [0.25, 0.3) is 0 Å². The van der Waals surface area contributed by atoms with Crippen LogP contribution in [0.3, 0.4) is 0 Å². The number of carbonyl (C=O) groups excluding carboxylic acids is 3. The van der Waals surface area contributed by atoms with Crippen molar-refractivity contribution in [2.24, 2.45) is 0 Å². The van der Waals surface area contributed by atoms with Crippen LogP contribution in [-0.4, -0.2) is 68.3 Å². The van der Waals surface area contributed by atoms with Gasteiger partial charge in [0.15, 0.2) is 16.3 Å². The molecule has 0 aromatic carbocycles. The molecule has 0 aliphatic rings. The van der Waals surface area contributed by atoms with E-state index in [4.69, 9.17) is 0 Å². The lowest BCUT2D eigenvalue weighted by Crippen LogP contribution is -2.24. The molecule has 3 N–H and O–H groups in total. The van der Waals surface area contributed by atoms with Crippen LogP contribution >= 0.6 is 43.9 Å². The van der Waals surface area contributed by atoms with Gasteiger partial charge in [0.1, 0.15) is 0 Å². The summed E-state index contributed by atoms with van der Waals surface area (Å²) in [4.78, 5) is 34.3. The highest BCUT2D eigenvalue weighted by Gasteiger charge is 2.34. The van der Waals surface area contributed by atoms with Crippen molar-refractivity contribution in [3.63, 3.8) is 0 Å². The number of thioether (sulfide) groups is 3. The van der Waals surface area contributed by atoms with E-state index in [1.54, 1.807) is 0 Å². The van der Waals surface area contributed by atoms with E-state index in [0.29, 0.717) is 0 Å². The van der Waals surface area contributed by atoms with Gasteiger partial charge in [-0.15, -0.1) is 35.3 Å². The Morgan fingerprint density at radius 3 is 1.14 bits per heavy atom. The molecular weight excluding hydrogens is 379 g/mol. The number of carbonyl (C=O) groups is 3. The molecule has 9 nitrogen and oxygen atoms in total. The smallest absolute Gasteiger partial charge is 0.372 e. The maximum atomic E-state index is 11.4. The van der Waals surface area contributed by atoms with Crippen molar-refractivity contribution in [3.8, 4) is 0 Å². The monoisotopic (exact) mass is 394 g/mol. The van der Waals surface area contributed by atoms with Crippen molar-refractivity contribution in [1.29, 1.82) is 0 Å². The van der Waals surface area contributed by atoms with E-state index in [1.807, 2.05) is 0 Å². The number of rotatable bonds is 9. The predicted octanol–water partition coefficient (Wildman–Crippen LogP) is -0.113. The molecule has 0 heterocycles. The van der Waals surface area contributed by atoms with E-state index in [-0.39, 0.29) is 0 Å². The van der Waals surface area contributed by atoms with E-state index < -0.39 is 42.8 Å². The Labute approximate surface area is 140 Å². The fourth-order valence-electron chi connectivity index (χ4n) is 0.700. The normalized spacial score (nSPS) is 16.1. The Kier molecular flexibility index (Phi) is 11.2. The molecule has 0 spiro atoms. The van der Waals surface area contributed by atoms with Crippen molar-refractivity contribution in [1.82, 2.24) is 0 Å². The first-order valence-electron chi connectivity index (χ1n) is 5.34. The fraction of sp³-hybridized carbons (Fsp3) is 0.667. The van der Waals surface area contributed by atoms with Gasteiger partial charge in [-0.2, -0.15) is 0 Å². The zero-order valence-corrected chi connectivity index (χ0v) is 15.0. The molecule has 0 rings (SSSR count). The zero-order valence-electron chi connectivity index (χ0n) is 11.7. The molecule has 0 radical (unpaired) electrons. The molecule has 0 saturated heterocycles. The van der Waals surface area contributed by atoms with Gasteiger partial charge >= 0.3 is 26.5 Å². The standard InChI is InChI=1S/C9H15O9PS3/c1-20-7(13)4(10)16-19(17-5(11)8(14)21-2)18-6(12)9(15)22-3/h7-9,13-15H,1-3H3. The molecule has 0 fully saturated rings. The largest absolute Gasteiger partial charge is 0.537 e. The molecule has 128 valence electrons. The third kappa shape index (κ3) is 7.86. The topological polar surface area (TPSA) is 140 Å². The average Bonchev–Trinajstić information content (AvgIpc) is 2.51. The van der Waals surface area contributed by atoms with Crippen LogP contribution in [0.4, 0.5) is 0 Å². The zero-order chi connectivity index (χ0) is 17.3. The van der Waals surface area contributed by atoms with Crippen LogP contribution in [0.25, 0.3) is 0 Å². The van der Waals surface area contributed by atoms with Crippen LogP contribution in [0.2, 0.25) is 0 Å². The number of hydrogen-bond donors (Lipinski definition) is 3. The first kappa shape index (κ1) is 21.8. The summed E-state index contributed by atoms with van der Waals surface area (Å²) >= 11 is 2.21. The number of aliphatic hydroxyl groups excluding tert-OH is 3. The molecule has 0 bridgehead atoms. The fourth-order valence-corrected chi connectivity index (χ4v) is 2.49. The van der Waals surface area contributed by atoms with E-state index >= 15 is 0 Å². The van der Waals surface area contributed by atoms with E-state index in [2.05, 4.69) is 13.6 Å². The molecule has 3 unspecified atom stereocenters. The second kappa shape index (κ2) is 11.3. The predicted molar refractivity (Wildman–Crippen MR) is 83.8 cm³/mol. The van der Waals surface area contributed by atoms with Gasteiger partial charge in [0.2, 0.25) is 0 Å². The quantitative estimate of drug-likeness (QED) is 0.355. The van der Waals surface area contributed by atoms with Gasteiger partial charge in [0, 0.05) is 0 Å².